The zero-order chi connectivity index (χ0) is 21.4. The third-order valence-corrected chi connectivity index (χ3v) is 5.52. The van der Waals surface area contributed by atoms with Crippen LogP contribution in [0.5, 0.6) is 11.5 Å². The van der Waals surface area contributed by atoms with E-state index in [9.17, 15) is 4.79 Å². The quantitative estimate of drug-likeness (QED) is 0.628. The molecule has 3 heterocycles. The first-order valence-corrected chi connectivity index (χ1v) is 10.7. The maximum Gasteiger partial charge on any atom is 0.254 e. The lowest BCUT2D eigenvalue weighted by atomic mass is 10.1. The van der Waals surface area contributed by atoms with Crippen LogP contribution in [0, 0.1) is 5.92 Å². The molecule has 0 saturated heterocycles. The van der Waals surface area contributed by atoms with E-state index in [0.29, 0.717) is 35.6 Å². The van der Waals surface area contributed by atoms with Crippen molar-refractivity contribution in [3.63, 3.8) is 0 Å². The molecule has 1 aliphatic carbocycles. The Kier molecular flexibility index (Phi) is 5.05. The van der Waals surface area contributed by atoms with Gasteiger partial charge in [-0.1, -0.05) is 13.8 Å². The van der Waals surface area contributed by atoms with Gasteiger partial charge in [-0.15, -0.1) is 0 Å². The van der Waals surface area contributed by atoms with E-state index in [4.69, 9.17) is 14.5 Å². The van der Waals surface area contributed by atoms with Crippen LogP contribution in [0.3, 0.4) is 0 Å². The van der Waals surface area contributed by atoms with Gasteiger partial charge in [-0.3, -0.25) is 4.79 Å². The maximum absolute atomic E-state index is 12.8. The van der Waals surface area contributed by atoms with E-state index in [1.54, 1.807) is 17.1 Å². The van der Waals surface area contributed by atoms with Gasteiger partial charge in [0, 0.05) is 24.2 Å². The molecule has 1 aliphatic heterocycles. The molecule has 0 radical (unpaired) electrons. The van der Waals surface area contributed by atoms with Crippen molar-refractivity contribution < 1.29 is 14.3 Å². The molecule has 3 aromatic rings. The lowest BCUT2D eigenvalue weighted by molar-refractivity contribution is 0.0951. The Bertz CT molecular complexity index is 1120. The molecule has 0 atom stereocenters. The van der Waals surface area contributed by atoms with E-state index in [0.717, 1.165) is 42.0 Å². The largest absolute Gasteiger partial charge is 0.454 e. The summed E-state index contributed by atoms with van der Waals surface area (Å²) in [5.41, 5.74) is 3.16. The Morgan fingerprint density at radius 1 is 1.23 bits per heavy atom. The van der Waals surface area contributed by atoms with Gasteiger partial charge in [0.05, 0.1) is 23.1 Å². The Hall–Kier alpha value is -3.42. The Balaban J connectivity index is 1.45. The van der Waals surface area contributed by atoms with E-state index in [1.807, 2.05) is 24.3 Å². The van der Waals surface area contributed by atoms with E-state index >= 15 is 0 Å². The number of nitrogens with one attached hydrogen (secondary N) is 1. The second-order valence-corrected chi connectivity index (χ2v) is 8.38. The van der Waals surface area contributed by atoms with Crippen molar-refractivity contribution in [2.45, 2.75) is 39.0 Å². The SMILES string of the molecule is CC(C)CCNC(=O)c1cnn(-c2nccc(-c3ccc4c(c3)OCO4)n2)c1C1CC1. The summed E-state index contributed by atoms with van der Waals surface area (Å²) < 4.78 is 12.6. The van der Waals surface area contributed by atoms with E-state index in [2.05, 4.69) is 29.2 Å². The summed E-state index contributed by atoms with van der Waals surface area (Å²) in [7, 11) is 0. The summed E-state index contributed by atoms with van der Waals surface area (Å²) in [5, 5.41) is 7.51. The number of hydrogen-bond acceptors (Lipinski definition) is 6. The summed E-state index contributed by atoms with van der Waals surface area (Å²) in [6.45, 7) is 5.17. The molecule has 0 bridgehead atoms. The summed E-state index contributed by atoms with van der Waals surface area (Å²) in [6, 6.07) is 7.58. The zero-order valence-electron chi connectivity index (χ0n) is 17.7. The molecule has 1 fully saturated rings. The molecule has 2 aromatic heterocycles. The van der Waals surface area contributed by atoms with Crippen molar-refractivity contribution in [2.24, 2.45) is 5.92 Å². The highest BCUT2D eigenvalue weighted by atomic mass is 16.7. The first kappa shape index (κ1) is 19.5. The molecule has 1 amide bonds. The van der Waals surface area contributed by atoms with Crippen LogP contribution < -0.4 is 14.8 Å². The number of amides is 1. The molecular formula is C23H25N5O3. The molecule has 31 heavy (non-hydrogen) atoms. The van der Waals surface area contributed by atoms with Crippen molar-refractivity contribution in [3.8, 4) is 28.7 Å². The second kappa shape index (κ2) is 8.02. The first-order chi connectivity index (χ1) is 15.1. The lowest BCUT2D eigenvalue weighted by Gasteiger charge is -2.10. The van der Waals surface area contributed by atoms with Crippen LogP contribution in [-0.2, 0) is 0 Å². The van der Waals surface area contributed by atoms with Crippen molar-refractivity contribution in [3.05, 3.63) is 47.9 Å². The normalized spacial score (nSPS) is 14.8. The summed E-state index contributed by atoms with van der Waals surface area (Å²) in [4.78, 5) is 22.0. The number of hydrogen-bond donors (Lipinski definition) is 1. The number of benzene rings is 1. The lowest BCUT2D eigenvalue weighted by Crippen LogP contribution is -2.26. The van der Waals surface area contributed by atoms with Crippen LogP contribution in [0.1, 0.15) is 55.1 Å². The van der Waals surface area contributed by atoms with Crippen molar-refractivity contribution in [1.82, 2.24) is 25.1 Å². The molecule has 0 spiro atoms. The third-order valence-electron chi connectivity index (χ3n) is 5.52. The van der Waals surface area contributed by atoms with Gasteiger partial charge in [0.25, 0.3) is 11.9 Å². The second-order valence-electron chi connectivity index (χ2n) is 8.38. The molecule has 0 unspecified atom stereocenters. The fourth-order valence-electron chi connectivity index (χ4n) is 3.68. The van der Waals surface area contributed by atoms with Crippen LogP contribution in [0.2, 0.25) is 0 Å². The maximum atomic E-state index is 12.8. The van der Waals surface area contributed by atoms with E-state index in [1.165, 1.54) is 0 Å². The van der Waals surface area contributed by atoms with Gasteiger partial charge in [0.15, 0.2) is 11.5 Å². The van der Waals surface area contributed by atoms with Crippen LogP contribution >= 0.6 is 0 Å². The number of carbonyl (C=O) groups is 1. The van der Waals surface area contributed by atoms with Crippen LogP contribution in [0.15, 0.2) is 36.7 Å². The minimum atomic E-state index is -0.0827. The zero-order valence-corrected chi connectivity index (χ0v) is 17.7. The fraction of sp³-hybridized carbons (Fsp3) is 0.391. The highest BCUT2D eigenvalue weighted by Crippen LogP contribution is 2.42. The Morgan fingerprint density at radius 2 is 2.06 bits per heavy atom. The molecule has 8 heteroatoms. The predicted molar refractivity (Wildman–Crippen MR) is 114 cm³/mol. The van der Waals surface area contributed by atoms with Gasteiger partial charge in [0.2, 0.25) is 6.79 Å². The smallest absolute Gasteiger partial charge is 0.254 e. The number of aromatic nitrogens is 4. The topological polar surface area (TPSA) is 91.2 Å². The number of rotatable bonds is 7. The highest BCUT2D eigenvalue weighted by Gasteiger charge is 2.33. The predicted octanol–water partition coefficient (Wildman–Crippen LogP) is 3.71. The van der Waals surface area contributed by atoms with Gasteiger partial charge in [-0.2, -0.15) is 5.10 Å². The van der Waals surface area contributed by atoms with Crippen LogP contribution in [0.25, 0.3) is 17.2 Å². The van der Waals surface area contributed by atoms with Crippen LogP contribution in [-0.4, -0.2) is 39.0 Å². The van der Waals surface area contributed by atoms with E-state index < -0.39 is 0 Å². The standard InChI is InChI=1S/C23H25N5O3/c1-14(2)7-9-24-22(29)17-12-26-28(21(17)15-3-4-15)23-25-10-8-18(27-23)16-5-6-19-20(11-16)31-13-30-19/h5-6,8,10-12,14-15H,3-4,7,9,13H2,1-2H3,(H,24,29). The monoisotopic (exact) mass is 419 g/mol. The van der Waals surface area contributed by atoms with Crippen molar-refractivity contribution in [1.29, 1.82) is 0 Å². The highest BCUT2D eigenvalue weighted by molar-refractivity contribution is 5.95. The Labute approximate surface area is 180 Å². The van der Waals surface area contributed by atoms with Gasteiger partial charge < -0.3 is 14.8 Å². The molecule has 1 aromatic carbocycles. The molecule has 5 rings (SSSR count). The van der Waals surface area contributed by atoms with Gasteiger partial charge in [0.1, 0.15) is 0 Å². The first-order valence-electron chi connectivity index (χ1n) is 10.7. The summed E-state index contributed by atoms with van der Waals surface area (Å²) >= 11 is 0. The minimum Gasteiger partial charge on any atom is -0.454 e. The molecule has 1 N–H and O–H groups in total. The Morgan fingerprint density at radius 3 is 2.87 bits per heavy atom. The van der Waals surface area contributed by atoms with Crippen LogP contribution in [0.4, 0.5) is 0 Å². The molecular weight excluding hydrogens is 394 g/mol. The third kappa shape index (κ3) is 3.97. The fourth-order valence-corrected chi connectivity index (χ4v) is 3.68. The molecule has 8 nitrogen and oxygen atoms in total. The summed E-state index contributed by atoms with van der Waals surface area (Å²) in [6.07, 6.45) is 6.37. The minimum absolute atomic E-state index is 0.0827. The number of ether oxygens (including phenoxy) is 2. The van der Waals surface area contributed by atoms with Gasteiger partial charge in [-0.05, 0) is 49.4 Å². The number of fused-ring (bicyclic) bond motifs is 1. The van der Waals surface area contributed by atoms with Crippen molar-refractivity contribution in [2.75, 3.05) is 13.3 Å². The molecule has 1 saturated carbocycles. The van der Waals surface area contributed by atoms with Crippen molar-refractivity contribution >= 4 is 5.91 Å². The summed E-state index contributed by atoms with van der Waals surface area (Å²) in [5.74, 6) is 2.66. The number of nitrogens with zero attached hydrogens (tertiary/aromatic N) is 4. The average molecular weight is 419 g/mol. The van der Waals surface area contributed by atoms with E-state index in [-0.39, 0.29) is 12.7 Å². The molecule has 160 valence electrons. The molecule has 2 aliphatic rings. The van der Waals surface area contributed by atoms with Gasteiger partial charge in [-0.25, -0.2) is 14.6 Å². The average Bonchev–Trinajstić information content (AvgIpc) is 3.33. The van der Waals surface area contributed by atoms with Gasteiger partial charge >= 0.3 is 0 Å². The number of carbonyl (C=O) groups excluding carboxylic acids is 1.